The SMILES string of the molecule is Cc1nn(C)c(C)c1C(=O)C(=O)N1C2C=C(c3ccccc3)CC1CC2. The Morgan fingerprint density at radius 3 is 2.46 bits per heavy atom. The molecule has 0 aliphatic carbocycles. The smallest absolute Gasteiger partial charge is 0.295 e. The van der Waals surface area contributed by atoms with E-state index in [0.717, 1.165) is 25.0 Å². The fourth-order valence-electron chi connectivity index (χ4n) is 4.34. The summed E-state index contributed by atoms with van der Waals surface area (Å²) in [6.07, 6.45) is 4.85. The molecule has 2 unspecified atom stereocenters. The molecule has 5 heteroatoms. The van der Waals surface area contributed by atoms with E-state index in [2.05, 4.69) is 23.3 Å². The number of hydrogen-bond donors (Lipinski definition) is 0. The van der Waals surface area contributed by atoms with Gasteiger partial charge in [0.2, 0.25) is 0 Å². The molecule has 0 spiro atoms. The Bertz CT molecular complexity index is 911. The van der Waals surface area contributed by atoms with Crippen LogP contribution in [0.5, 0.6) is 0 Å². The summed E-state index contributed by atoms with van der Waals surface area (Å²) in [6, 6.07) is 10.4. The minimum atomic E-state index is -0.429. The van der Waals surface area contributed by atoms with Gasteiger partial charge in [-0.2, -0.15) is 5.10 Å². The zero-order chi connectivity index (χ0) is 18.4. The number of hydrogen-bond acceptors (Lipinski definition) is 3. The Balaban J connectivity index is 1.62. The standard InChI is InChI=1S/C21H23N3O2/c1-13-19(14(2)23(3)22-13)20(25)21(26)24-17-9-10-18(24)12-16(11-17)15-7-5-4-6-8-15/h4-8,11,17-18H,9-10,12H2,1-3H3. The first kappa shape index (κ1) is 16.8. The van der Waals surface area contributed by atoms with Crippen molar-refractivity contribution in [3.63, 3.8) is 0 Å². The molecule has 4 rings (SSSR count). The molecule has 2 atom stereocenters. The summed E-state index contributed by atoms with van der Waals surface area (Å²) in [7, 11) is 1.79. The first-order valence-corrected chi connectivity index (χ1v) is 9.10. The van der Waals surface area contributed by atoms with Gasteiger partial charge in [0.15, 0.2) is 0 Å². The number of aryl methyl sites for hydroxylation is 2. The van der Waals surface area contributed by atoms with Crippen LogP contribution < -0.4 is 0 Å². The van der Waals surface area contributed by atoms with Crippen molar-refractivity contribution >= 4 is 17.3 Å². The van der Waals surface area contributed by atoms with Crippen LogP contribution in [0.1, 0.15) is 46.6 Å². The normalized spacial score (nSPS) is 21.7. The van der Waals surface area contributed by atoms with Gasteiger partial charge in [0.25, 0.3) is 11.7 Å². The van der Waals surface area contributed by atoms with E-state index in [0.29, 0.717) is 11.3 Å². The van der Waals surface area contributed by atoms with Gasteiger partial charge in [-0.05, 0) is 44.2 Å². The number of benzene rings is 1. The fraction of sp³-hybridized carbons (Fsp3) is 0.381. The van der Waals surface area contributed by atoms with Crippen LogP contribution in [0.25, 0.3) is 5.57 Å². The zero-order valence-corrected chi connectivity index (χ0v) is 15.4. The predicted molar refractivity (Wildman–Crippen MR) is 99.7 cm³/mol. The van der Waals surface area contributed by atoms with Gasteiger partial charge >= 0.3 is 0 Å². The van der Waals surface area contributed by atoms with Crippen molar-refractivity contribution < 1.29 is 9.59 Å². The van der Waals surface area contributed by atoms with E-state index in [9.17, 15) is 9.59 Å². The topological polar surface area (TPSA) is 55.2 Å². The summed E-state index contributed by atoms with van der Waals surface area (Å²) in [4.78, 5) is 27.7. The van der Waals surface area contributed by atoms with Crippen molar-refractivity contribution in [1.29, 1.82) is 0 Å². The van der Waals surface area contributed by atoms with Gasteiger partial charge in [-0.1, -0.05) is 36.4 Å². The third-order valence-electron chi connectivity index (χ3n) is 5.70. The van der Waals surface area contributed by atoms with Crippen LogP contribution in [0.2, 0.25) is 0 Å². The quantitative estimate of drug-likeness (QED) is 0.632. The average Bonchev–Trinajstić information content (AvgIpc) is 3.05. The molecule has 0 saturated carbocycles. The molecule has 1 fully saturated rings. The van der Waals surface area contributed by atoms with Gasteiger partial charge in [0, 0.05) is 18.8 Å². The largest absolute Gasteiger partial charge is 0.326 e. The maximum atomic E-state index is 13.0. The lowest BCUT2D eigenvalue weighted by Crippen LogP contribution is -2.46. The molecule has 26 heavy (non-hydrogen) atoms. The van der Waals surface area contributed by atoms with Crippen molar-refractivity contribution in [1.82, 2.24) is 14.7 Å². The van der Waals surface area contributed by atoms with Gasteiger partial charge in [-0.15, -0.1) is 0 Å². The molecule has 5 nitrogen and oxygen atoms in total. The van der Waals surface area contributed by atoms with Crippen molar-refractivity contribution in [3.8, 4) is 0 Å². The van der Waals surface area contributed by atoms with Crippen molar-refractivity contribution in [3.05, 3.63) is 58.9 Å². The van der Waals surface area contributed by atoms with Crippen molar-refractivity contribution in [2.24, 2.45) is 7.05 Å². The fourth-order valence-corrected chi connectivity index (χ4v) is 4.34. The number of amides is 1. The number of ketones is 1. The highest BCUT2D eigenvalue weighted by Crippen LogP contribution is 2.39. The molecule has 1 aromatic carbocycles. The summed E-state index contributed by atoms with van der Waals surface area (Å²) < 4.78 is 1.66. The van der Waals surface area contributed by atoms with E-state index in [4.69, 9.17) is 0 Å². The Kier molecular flexibility index (Phi) is 4.02. The van der Waals surface area contributed by atoms with E-state index < -0.39 is 5.78 Å². The molecule has 2 bridgehead atoms. The molecule has 2 aromatic rings. The molecule has 2 aliphatic rings. The second kappa shape index (κ2) is 6.24. The Hall–Kier alpha value is -2.69. The van der Waals surface area contributed by atoms with Gasteiger partial charge in [-0.25, -0.2) is 0 Å². The first-order valence-electron chi connectivity index (χ1n) is 9.10. The van der Waals surface area contributed by atoms with Crippen LogP contribution in [-0.4, -0.2) is 38.5 Å². The molecular weight excluding hydrogens is 326 g/mol. The Morgan fingerprint density at radius 1 is 1.12 bits per heavy atom. The number of rotatable bonds is 3. The number of nitrogens with zero attached hydrogens (tertiary/aromatic N) is 3. The highest BCUT2D eigenvalue weighted by Gasteiger charge is 2.42. The maximum absolute atomic E-state index is 13.0. The molecule has 1 saturated heterocycles. The van der Waals surface area contributed by atoms with Gasteiger partial charge in [0.05, 0.1) is 17.3 Å². The third-order valence-corrected chi connectivity index (χ3v) is 5.70. The van der Waals surface area contributed by atoms with Gasteiger partial charge < -0.3 is 4.90 Å². The van der Waals surface area contributed by atoms with Crippen molar-refractivity contribution in [2.75, 3.05) is 0 Å². The van der Waals surface area contributed by atoms with Crippen LogP contribution in [0, 0.1) is 13.8 Å². The van der Waals surface area contributed by atoms with E-state index in [-0.39, 0.29) is 18.0 Å². The van der Waals surface area contributed by atoms with Crippen LogP contribution >= 0.6 is 0 Å². The summed E-state index contributed by atoms with van der Waals surface area (Å²) in [5, 5.41) is 4.28. The number of aromatic nitrogens is 2. The molecule has 134 valence electrons. The Morgan fingerprint density at radius 2 is 1.85 bits per heavy atom. The molecule has 2 aliphatic heterocycles. The molecular formula is C21H23N3O2. The first-order chi connectivity index (χ1) is 12.5. The molecule has 0 radical (unpaired) electrons. The second-order valence-electron chi connectivity index (χ2n) is 7.27. The summed E-state index contributed by atoms with van der Waals surface area (Å²) >= 11 is 0. The van der Waals surface area contributed by atoms with E-state index in [1.54, 1.807) is 23.6 Å². The minimum Gasteiger partial charge on any atom is -0.326 e. The van der Waals surface area contributed by atoms with Gasteiger partial charge in [0.1, 0.15) is 0 Å². The Labute approximate surface area is 153 Å². The number of carbonyl (C=O) groups is 2. The van der Waals surface area contributed by atoms with E-state index in [1.165, 1.54) is 11.1 Å². The third kappa shape index (κ3) is 2.59. The van der Waals surface area contributed by atoms with Crippen molar-refractivity contribution in [2.45, 2.75) is 45.2 Å². The molecule has 0 N–H and O–H groups in total. The zero-order valence-electron chi connectivity index (χ0n) is 15.4. The van der Waals surface area contributed by atoms with Gasteiger partial charge in [-0.3, -0.25) is 14.3 Å². The van der Waals surface area contributed by atoms with Crippen LogP contribution in [0.15, 0.2) is 36.4 Å². The van der Waals surface area contributed by atoms with Crippen LogP contribution in [-0.2, 0) is 11.8 Å². The van der Waals surface area contributed by atoms with Crippen LogP contribution in [0.3, 0.4) is 0 Å². The average molecular weight is 349 g/mol. The number of carbonyl (C=O) groups excluding carboxylic acids is 2. The summed E-state index contributed by atoms with van der Waals surface area (Å²) in [5.74, 6) is -0.818. The minimum absolute atomic E-state index is 0.0117. The molecule has 1 amide bonds. The second-order valence-corrected chi connectivity index (χ2v) is 7.27. The number of fused-ring (bicyclic) bond motifs is 2. The maximum Gasteiger partial charge on any atom is 0.295 e. The molecule has 1 aromatic heterocycles. The summed E-state index contributed by atoms with van der Waals surface area (Å²) in [5.41, 5.74) is 4.30. The molecule has 3 heterocycles. The predicted octanol–water partition coefficient (Wildman–Crippen LogP) is 3.07. The number of Topliss-reactive ketones (excluding diaryl/α,β-unsaturated/α-hetero) is 1. The van der Waals surface area contributed by atoms with E-state index in [1.807, 2.05) is 25.1 Å². The van der Waals surface area contributed by atoms with E-state index >= 15 is 0 Å². The summed E-state index contributed by atoms with van der Waals surface area (Å²) in [6.45, 7) is 3.62. The lowest BCUT2D eigenvalue weighted by molar-refractivity contribution is -0.128. The van der Waals surface area contributed by atoms with Crippen LogP contribution in [0.4, 0.5) is 0 Å². The lowest BCUT2D eigenvalue weighted by atomic mass is 9.94. The highest BCUT2D eigenvalue weighted by molar-refractivity contribution is 6.43. The lowest BCUT2D eigenvalue weighted by Gasteiger charge is -2.33. The monoisotopic (exact) mass is 349 g/mol. The highest BCUT2D eigenvalue weighted by atomic mass is 16.2.